The number of nitrogens with zero attached hydrogens (tertiary/aromatic N) is 1. The second kappa shape index (κ2) is 2.44. The normalized spacial score (nSPS) is 8.29. The van der Waals surface area contributed by atoms with E-state index in [1.807, 2.05) is 0 Å². The van der Waals surface area contributed by atoms with Crippen molar-refractivity contribution >= 4 is 5.91 Å². The third-order valence-corrected chi connectivity index (χ3v) is 0.638. The maximum absolute atomic E-state index is 10.1. The maximum atomic E-state index is 10.1. The van der Waals surface area contributed by atoms with Crippen LogP contribution in [-0.4, -0.2) is 17.2 Å². The van der Waals surface area contributed by atoms with Gasteiger partial charge in [-0.2, -0.15) is 0 Å². The van der Waals surface area contributed by atoms with E-state index in [0.717, 1.165) is 0 Å². The zero-order valence-corrected chi connectivity index (χ0v) is 4.47. The van der Waals surface area contributed by atoms with Crippen molar-refractivity contribution in [1.82, 2.24) is 0 Å². The topological polar surface area (TPSA) is 37.1 Å². The minimum absolute atomic E-state index is 0.245. The van der Waals surface area contributed by atoms with Crippen LogP contribution in [0.25, 0.3) is 0 Å². The van der Waals surface area contributed by atoms with Gasteiger partial charge in [-0.15, -0.1) is 0 Å². The molecule has 0 aromatic rings. The number of hydrogen-bond acceptors (Lipinski definition) is 2. The van der Waals surface area contributed by atoms with Crippen LogP contribution in [0.4, 0.5) is 0 Å². The summed E-state index contributed by atoms with van der Waals surface area (Å²) in [6, 6.07) is 0. The Bertz CT molecular complexity index is 97.9. The van der Waals surface area contributed by atoms with Crippen molar-refractivity contribution in [2.75, 3.05) is 6.54 Å². The summed E-state index contributed by atoms with van der Waals surface area (Å²) in [5.41, 5.74) is 0. The van der Waals surface area contributed by atoms with Gasteiger partial charge >= 0.3 is 5.91 Å². The van der Waals surface area contributed by atoms with Gasteiger partial charge in [-0.25, -0.2) is 4.79 Å². The monoisotopic (exact) mass is 102 g/mol. The van der Waals surface area contributed by atoms with E-state index in [-0.39, 0.29) is 6.54 Å². The molecule has 0 heterocycles. The predicted octanol–water partition coefficient (Wildman–Crippen LogP) is 0.332. The van der Waals surface area contributed by atoms with E-state index in [1.54, 1.807) is 6.92 Å². The van der Waals surface area contributed by atoms with Gasteiger partial charge in [-0.05, 0) is 6.92 Å². The first-order valence-corrected chi connectivity index (χ1v) is 2.13. The lowest BCUT2D eigenvalue weighted by molar-refractivity contribution is -0.463. The summed E-state index contributed by atoms with van der Waals surface area (Å²) in [6.07, 6.45) is 0. The molecule has 0 aromatic heterocycles. The minimum atomic E-state index is -0.428. The summed E-state index contributed by atoms with van der Waals surface area (Å²) < 4.78 is 0.403. The largest absolute Gasteiger partial charge is 0.430 e. The molecule has 0 atom stereocenters. The molecule has 1 amide bonds. The average Bonchev–Trinajstić information content (AvgIpc) is 1.65. The Balaban J connectivity index is 3.58. The number of carbonyl (C=O) groups is 1. The van der Waals surface area contributed by atoms with E-state index in [1.165, 1.54) is 6.92 Å². The SMILES string of the molecule is CC[N+](=O)C(C)=O. The lowest BCUT2D eigenvalue weighted by atomic mass is 10.6. The molecule has 0 rings (SSSR count). The molecule has 0 bridgehead atoms. The number of carbonyl (C=O) groups excluding carboxylic acids is 1. The first-order chi connectivity index (χ1) is 3.18. The second-order valence-electron chi connectivity index (χ2n) is 1.21. The Hall–Kier alpha value is -0.730. The van der Waals surface area contributed by atoms with Crippen molar-refractivity contribution in [3.05, 3.63) is 4.91 Å². The van der Waals surface area contributed by atoms with E-state index in [0.29, 0.717) is 4.76 Å². The van der Waals surface area contributed by atoms with Crippen molar-refractivity contribution in [1.29, 1.82) is 0 Å². The smallest absolute Gasteiger partial charge is 0.215 e. The first kappa shape index (κ1) is 6.27. The summed E-state index contributed by atoms with van der Waals surface area (Å²) in [4.78, 5) is 20.1. The fourth-order valence-corrected chi connectivity index (χ4v) is 0.223. The van der Waals surface area contributed by atoms with Gasteiger partial charge < -0.3 is 0 Å². The van der Waals surface area contributed by atoms with E-state index < -0.39 is 5.91 Å². The maximum Gasteiger partial charge on any atom is 0.430 e. The van der Waals surface area contributed by atoms with Gasteiger partial charge in [0.15, 0.2) is 6.54 Å². The van der Waals surface area contributed by atoms with Crippen LogP contribution in [-0.2, 0) is 4.79 Å². The number of nitroso groups, excluding NO2 is 1. The quantitative estimate of drug-likeness (QED) is 0.447. The third kappa shape index (κ3) is 2.03. The highest BCUT2D eigenvalue weighted by Crippen LogP contribution is 1.70. The highest BCUT2D eigenvalue weighted by molar-refractivity contribution is 5.63. The molecule has 0 aliphatic rings. The number of rotatable bonds is 1. The molecule has 0 fully saturated rings. The zero-order valence-electron chi connectivity index (χ0n) is 4.47. The summed E-state index contributed by atoms with van der Waals surface area (Å²) >= 11 is 0. The molecular formula is C4H8NO2+. The molecule has 3 nitrogen and oxygen atoms in total. The van der Waals surface area contributed by atoms with Crippen LogP contribution < -0.4 is 0 Å². The summed E-state index contributed by atoms with van der Waals surface area (Å²) in [7, 11) is 0. The van der Waals surface area contributed by atoms with Crippen LogP contribution in [0, 0.1) is 4.91 Å². The summed E-state index contributed by atoms with van der Waals surface area (Å²) in [5, 5.41) is 0. The molecule has 0 aliphatic carbocycles. The highest BCUT2D eigenvalue weighted by atomic mass is 16.3. The molecule has 0 unspecified atom stereocenters. The Labute approximate surface area is 41.9 Å². The van der Waals surface area contributed by atoms with E-state index in [4.69, 9.17) is 0 Å². The van der Waals surface area contributed by atoms with Gasteiger partial charge in [-0.3, -0.25) is 0 Å². The van der Waals surface area contributed by atoms with Crippen LogP contribution in [0.5, 0.6) is 0 Å². The Morgan fingerprint density at radius 3 is 2.14 bits per heavy atom. The summed E-state index contributed by atoms with van der Waals surface area (Å²) in [6.45, 7) is 3.13. The fourth-order valence-electron chi connectivity index (χ4n) is 0.223. The predicted molar refractivity (Wildman–Crippen MR) is 24.8 cm³/mol. The molecule has 7 heavy (non-hydrogen) atoms. The molecule has 0 aromatic carbocycles. The van der Waals surface area contributed by atoms with Gasteiger partial charge in [0.1, 0.15) is 0 Å². The summed E-state index contributed by atoms with van der Waals surface area (Å²) in [5.74, 6) is -0.428. The van der Waals surface area contributed by atoms with Crippen LogP contribution >= 0.6 is 0 Å². The van der Waals surface area contributed by atoms with Crippen LogP contribution in [0.1, 0.15) is 13.8 Å². The molecular weight excluding hydrogens is 94.0 g/mol. The van der Waals surface area contributed by atoms with Gasteiger partial charge in [0.05, 0.1) is 11.7 Å². The van der Waals surface area contributed by atoms with Crippen molar-refractivity contribution in [3.63, 3.8) is 0 Å². The van der Waals surface area contributed by atoms with Crippen molar-refractivity contribution in [2.24, 2.45) is 0 Å². The van der Waals surface area contributed by atoms with Gasteiger partial charge in [0.25, 0.3) is 0 Å². The van der Waals surface area contributed by atoms with Crippen molar-refractivity contribution in [2.45, 2.75) is 13.8 Å². The molecule has 40 valence electrons. The molecule has 0 radical (unpaired) electrons. The Kier molecular flexibility index (Phi) is 2.19. The Morgan fingerprint density at radius 1 is 1.71 bits per heavy atom. The van der Waals surface area contributed by atoms with Crippen LogP contribution in [0.2, 0.25) is 0 Å². The number of amides is 1. The molecule has 0 saturated heterocycles. The number of hydrogen-bond donors (Lipinski definition) is 0. The standard InChI is InChI=1S/C4H8NO2/c1-3-5(7)4(2)6/h3H2,1-2H3/q+1. The van der Waals surface area contributed by atoms with Gasteiger partial charge in [0.2, 0.25) is 0 Å². The van der Waals surface area contributed by atoms with E-state index >= 15 is 0 Å². The molecule has 0 spiro atoms. The minimum Gasteiger partial charge on any atom is -0.215 e. The van der Waals surface area contributed by atoms with Gasteiger partial charge in [0, 0.05) is 4.91 Å². The second-order valence-corrected chi connectivity index (χ2v) is 1.21. The van der Waals surface area contributed by atoms with Crippen LogP contribution in [0.15, 0.2) is 0 Å². The third-order valence-electron chi connectivity index (χ3n) is 0.638. The zero-order chi connectivity index (χ0) is 5.86. The first-order valence-electron chi connectivity index (χ1n) is 2.13. The molecule has 0 aliphatic heterocycles. The fraction of sp³-hybridized carbons (Fsp3) is 0.750. The van der Waals surface area contributed by atoms with Crippen molar-refractivity contribution in [3.8, 4) is 0 Å². The van der Waals surface area contributed by atoms with Crippen molar-refractivity contribution < 1.29 is 9.55 Å². The van der Waals surface area contributed by atoms with E-state index in [2.05, 4.69) is 0 Å². The van der Waals surface area contributed by atoms with E-state index in [9.17, 15) is 9.70 Å². The average molecular weight is 102 g/mol. The van der Waals surface area contributed by atoms with Crippen LogP contribution in [0.3, 0.4) is 0 Å². The highest BCUT2D eigenvalue weighted by Gasteiger charge is 2.09. The van der Waals surface area contributed by atoms with Gasteiger partial charge in [-0.1, -0.05) is 0 Å². The molecule has 0 N–H and O–H groups in total. The lowest BCUT2D eigenvalue weighted by Gasteiger charge is -1.73. The Morgan fingerprint density at radius 2 is 2.14 bits per heavy atom. The lowest BCUT2D eigenvalue weighted by Crippen LogP contribution is -2.12. The molecule has 3 heteroatoms. The molecule has 0 saturated carbocycles.